The molecule has 0 aliphatic heterocycles. The maximum atomic E-state index is 11.1. The third-order valence-corrected chi connectivity index (χ3v) is 10.5. The van der Waals surface area contributed by atoms with E-state index >= 15 is 0 Å². The van der Waals surface area contributed by atoms with Crippen LogP contribution < -0.4 is 0 Å². The Balaban J connectivity index is 1.56. The highest BCUT2D eigenvalue weighted by atomic mass is 16.3. The van der Waals surface area contributed by atoms with Gasteiger partial charge in [-0.25, -0.2) is 0 Å². The van der Waals surface area contributed by atoms with Gasteiger partial charge in [-0.2, -0.15) is 0 Å². The van der Waals surface area contributed by atoms with E-state index in [1.807, 2.05) is 13.8 Å². The summed E-state index contributed by atoms with van der Waals surface area (Å²) in [7, 11) is 0. The van der Waals surface area contributed by atoms with Crippen LogP contribution >= 0.6 is 0 Å². The summed E-state index contributed by atoms with van der Waals surface area (Å²) < 4.78 is 0. The Morgan fingerprint density at radius 3 is 2.45 bits per heavy atom. The summed E-state index contributed by atoms with van der Waals surface area (Å²) in [6, 6.07) is 0. The van der Waals surface area contributed by atoms with E-state index in [9.17, 15) is 15.3 Å². The van der Waals surface area contributed by atoms with Gasteiger partial charge in [-0.1, -0.05) is 51.0 Å². The molecule has 3 N–H and O–H groups in total. The van der Waals surface area contributed by atoms with Crippen molar-refractivity contribution in [2.45, 2.75) is 111 Å². The first-order valence-electron chi connectivity index (χ1n) is 12.9. The van der Waals surface area contributed by atoms with Crippen LogP contribution in [0.5, 0.6) is 0 Å². The largest absolute Gasteiger partial charge is 0.393 e. The van der Waals surface area contributed by atoms with Crippen molar-refractivity contribution in [2.75, 3.05) is 0 Å². The van der Waals surface area contributed by atoms with E-state index < -0.39 is 17.8 Å². The molecule has 176 valence electrons. The molecule has 4 rings (SSSR count). The summed E-state index contributed by atoms with van der Waals surface area (Å²) in [4.78, 5) is 0. The van der Waals surface area contributed by atoms with Gasteiger partial charge in [0.2, 0.25) is 0 Å². The molecule has 0 aromatic heterocycles. The number of rotatable bonds is 5. The fourth-order valence-corrected chi connectivity index (χ4v) is 8.19. The fraction of sp³-hybridized carbons (Fsp3) is 0.857. The van der Waals surface area contributed by atoms with E-state index in [1.54, 1.807) is 5.57 Å². The lowest BCUT2D eigenvalue weighted by atomic mass is 9.49. The molecule has 0 amide bonds. The van der Waals surface area contributed by atoms with Crippen molar-refractivity contribution in [3.63, 3.8) is 0 Å². The highest BCUT2D eigenvalue weighted by Crippen LogP contribution is 2.66. The Hall–Kier alpha value is -0.640. The average molecular weight is 431 g/mol. The van der Waals surface area contributed by atoms with Gasteiger partial charge < -0.3 is 15.3 Å². The van der Waals surface area contributed by atoms with Crippen molar-refractivity contribution >= 4 is 0 Å². The zero-order valence-corrected chi connectivity index (χ0v) is 20.7. The van der Waals surface area contributed by atoms with Gasteiger partial charge >= 0.3 is 0 Å². The van der Waals surface area contributed by atoms with Crippen molar-refractivity contribution in [1.29, 1.82) is 0 Å². The molecule has 4 aliphatic carbocycles. The summed E-state index contributed by atoms with van der Waals surface area (Å²) in [5.41, 5.74) is 2.42. The van der Waals surface area contributed by atoms with Crippen LogP contribution in [-0.2, 0) is 0 Å². The first-order chi connectivity index (χ1) is 14.4. The lowest BCUT2D eigenvalue weighted by Crippen LogP contribution is -2.52. The van der Waals surface area contributed by atoms with Crippen molar-refractivity contribution in [3.05, 3.63) is 23.3 Å². The molecule has 31 heavy (non-hydrogen) atoms. The average Bonchev–Trinajstić information content (AvgIpc) is 3.03. The minimum absolute atomic E-state index is 0.200. The molecule has 9 atom stereocenters. The number of hydrogen-bond acceptors (Lipinski definition) is 3. The maximum Gasteiger partial charge on any atom is 0.0661 e. The van der Waals surface area contributed by atoms with Crippen molar-refractivity contribution in [2.24, 2.45) is 40.4 Å². The SMILES string of the molecule is C[C@H]([C@H](C)CCC(C)(C)O)[C@H]1CC[C@H]2C3=CC=C4C[C@@H](O)C[C@H](O)[C@]4(C)[C@H]3CC[C@]12C. The molecule has 3 heteroatoms. The van der Waals surface area contributed by atoms with E-state index in [-0.39, 0.29) is 5.41 Å². The van der Waals surface area contributed by atoms with Crippen LogP contribution in [0.4, 0.5) is 0 Å². The molecule has 0 radical (unpaired) electrons. The number of hydrogen-bond donors (Lipinski definition) is 3. The molecule has 3 saturated carbocycles. The molecular weight excluding hydrogens is 384 g/mol. The van der Waals surface area contributed by atoms with Crippen LogP contribution in [-0.4, -0.2) is 33.1 Å². The molecule has 3 fully saturated rings. The molecule has 0 heterocycles. The fourth-order valence-electron chi connectivity index (χ4n) is 8.19. The van der Waals surface area contributed by atoms with E-state index in [1.165, 1.54) is 24.8 Å². The Morgan fingerprint density at radius 1 is 1.06 bits per heavy atom. The van der Waals surface area contributed by atoms with Crippen LogP contribution in [0, 0.1) is 40.4 Å². The summed E-state index contributed by atoms with van der Waals surface area (Å²) >= 11 is 0. The van der Waals surface area contributed by atoms with Gasteiger partial charge in [0.25, 0.3) is 0 Å². The summed E-state index contributed by atoms with van der Waals surface area (Å²) in [5, 5.41) is 31.5. The minimum Gasteiger partial charge on any atom is -0.393 e. The molecule has 4 aliphatic rings. The molecular formula is C28H46O3. The van der Waals surface area contributed by atoms with E-state index in [2.05, 4.69) is 39.8 Å². The zero-order chi connectivity index (χ0) is 22.8. The highest BCUT2D eigenvalue weighted by Gasteiger charge is 2.59. The van der Waals surface area contributed by atoms with Crippen molar-refractivity contribution in [3.8, 4) is 0 Å². The van der Waals surface area contributed by atoms with E-state index in [0.29, 0.717) is 41.9 Å². The van der Waals surface area contributed by atoms with E-state index in [4.69, 9.17) is 0 Å². The zero-order valence-electron chi connectivity index (χ0n) is 20.7. The monoisotopic (exact) mass is 430 g/mol. The second-order valence-corrected chi connectivity index (χ2v) is 12.8. The van der Waals surface area contributed by atoms with Gasteiger partial charge in [0.1, 0.15) is 0 Å². The predicted octanol–water partition coefficient (Wildman–Crippen LogP) is 5.64. The van der Waals surface area contributed by atoms with Crippen LogP contribution in [0.1, 0.15) is 92.9 Å². The Kier molecular flexibility index (Phi) is 6.06. The second kappa shape index (κ2) is 7.99. The van der Waals surface area contributed by atoms with Gasteiger partial charge in [-0.15, -0.1) is 0 Å². The number of allylic oxidation sites excluding steroid dienone is 3. The number of fused-ring (bicyclic) bond motifs is 5. The normalized spacial score (nSPS) is 44.5. The van der Waals surface area contributed by atoms with Crippen LogP contribution in [0.3, 0.4) is 0 Å². The van der Waals surface area contributed by atoms with Gasteiger partial charge in [0.15, 0.2) is 0 Å². The van der Waals surface area contributed by atoms with Gasteiger partial charge in [0, 0.05) is 11.8 Å². The number of aliphatic hydroxyl groups is 3. The first-order valence-corrected chi connectivity index (χ1v) is 12.9. The standard InChI is InChI=1S/C28H46O3/c1-17(11-13-26(3,4)31)18(2)22-9-10-23-21-8-7-19-15-20(29)16-25(30)28(19,6)24(21)12-14-27(22,23)5/h7-8,17-18,20,22-25,29-31H,9-16H2,1-6H3/t17-,18-,20-,22-,23+,24+,25+,27-,28+/m1/s1. The van der Waals surface area contributed by atoms with E-state index in [0.717, 1.165) is 25.2 Å². The smallest absolute Gasteiger partial charge is 0.0661 e. The van der Waals surface area contributed by atoms with Crippen molar-refractivity contribution in [1.82, 2.24) is 0 Å². The molecule has 3 nitrogen and oxygen atoms in total. The number of aliphatic hydroxyl groups excluding tert-OH is 2. The van der Waals surface area contributed by atoms with Crippen molar-refractivity contribution < 1.29 is 15.3 Å². The lowest BCUT2D eigenvalue weighted by Gasteiger charge is -2.56. The summed E-state index contributed by atoms with van der Waals surface area (Å²) in [6.45, 7) is 13.5. The van der Waals surface area contributed by atoms with Gasteiger partial charge in [0.05, 0.1) is 17.8 Å². The first kappa shape index (κ1) is 23.5. The third-order valence-electron chi connectivity index (χ3n) is 10.5. The lowest BCUT2D eigenvalue weighted by molar-refractivity contribution is -0.0554. The Morgan fingerprint density at radius 2 is 1.77 bits per heavy atom. The maximum absolute atomic E-state index is 11.1. The minimum atomic E-state index is -0.574. The molecule has 0 saturated heterocycles. The topological polar surface area (TPSA) is 60.7 Å². The predicted molar refractivity (Wildman–Crippen MR) is 126 cm³/mol. The molecule has 0 aromatic rings. The molecule has 0 aromatic carbocycles. The van der Waals surface area contributed by atoms with Crippen LogP contribution in [0.15, 0.2) is 23.3 Å². The molecule has 0 spiro atoms. The Bertz CT molecular complexity index is 746. The third kappa shape index (κ3) is 3.87. The van der Waals surface area contributed by atoms with Gasteiger partial charge in [-0.3, -0.25) is 0 Å². The summed E-state index contributed by atoms with van der Waals surface area (Å²) in [5.74, 6) is 3.06. The summed E-state index contributed by atoms with van der Waals surface area (Å²) in [6.07, 6.45) is 11.9. The Labute approximate surface area is 190 Å². The van der Waals surface area contributed by atoms with Crippen LogP contribution in [0.2, 0.25) is 0 Å². The highest BCUT2D eigenvalue weighted by molar-refractivity contribution is 5.40. The molecule has 0 bridgehead atoms. The van der Waals surface area contributed by atoms with Gasteiger partial charge in [-0.05, 0) is 93.8 Å². The van der Waals surface area contributed by atoms with Crippen LogP contribution in [0.25, 0.3) is 0 Å². The molecule has 0 unspecified atom stereocenters. The second-order valence-electron chi connectivity index (χ2n) is 12.8. The quantitative estimate of drug-likeness (QED) is 0.529.